The van der Waals surface area contributed by atoms with Gasteiger partial charge in [0.25, 0.3) is 11.2 Å². The predicted molar refractivity (Wildman–Crippen MR) is 134 cm³/mol. The van der Waals surface area contributed by atoms with Gasteiger partial charge in [-0.05, 0) is 35.1 Å². The number of nitro groups is 1. The van der Waals surface area contributed by atoms with Crippen LogP contribution in [0.5, 0.6) is 0 Å². The smallest absolute Gasteiger partial charge is 0.338 e. The van der Waals surface area contributed by atoms with Gasteiger partial charge in [-0.1, -0.05) is 68.5 Å². The molecule has 0 saturated carbocycles. The zero-order valence-electron chi connectivity index (χ0n) is 20.1. The molecule has 180 valence electrons. The monoisotopic (exact) mass is 491 g/mol. The van der Waals surface area contributed by atoms with Crippen LogP contribution in [0.15, 0.2) is 69.6 Å². The lowest BCUT2D eigenvalue weighted by molar-refractivity contribution is -0.384. The molecule has 0 spiro atoms. The molecule has 0 fully saturated rings. The van der Waals surface area contributed by atoms with Gasteiger partial charge in [-0.3, -0.25) is 19.5 Å². The Labute approximate surface area is 205 Å². The minimum absolute atomic E-state index is 0.0534. The van der Waals surface area contributed by atoms with E-state index in [-0.39, 0.29) is 16.7 Å². The number of non-ortho nitro benzene ring substituents is 1. The Morgan fingerprint density at radius 3 is 2.49 bits per heavy atom. The van der Waals surface area contributed by atoms with Crippen molar-refractivity contribution in [1.29, 1.82) is 0 Å². The van der Waals surface area contributed by atoms with Gasteiger partial charge in [0.1, 0.15) is 0 Å². The maximum Gasteiger partial charge on any atom is 0.338 e. The van der Waals surface area contributed by atoms with Gasteiger partial charge in [0.15, 0.2) is 4.80 Å². The van der Waals surface area contributed by atoms with Gasteiger partial charge >= 0.3 is 5.97 Å². The quantitative estimate of drug-likeness (QED) is 0.315. The molecule has 0 radical (unpaired) electrons. The van der Waals surface area contributed by atoms with Crippen molar-refractivity contribution in [1.82, 2.24) is 4.57 Å². The number of carbonyl (C=O) groups excluding carboxylic acids is 1. The standard InChI is InChI=1S/C26H25N3O5S/c1-15-21(24(31)34-5)22(17-9-11-18(12-10-17)26(2,3)4)28-23(30)20(35-25(28)27-15)14-16-7-6-8-19(13-16)29(32)33/h6-14,22H,1-5H3/b20-14-. The van der Waals surface area contributed by atoms with E-state index in [0.29, 0.717) is 26.2 Å². The fourth-order valence-electron chi connectivity index (χ4n) is 4.05. The maximum atomic E-state index is 13.6. The second-order valence-corrected chi connectivity index (χ2v) is 10.3. The number of nitrogens with zero attached hydrogens (tertiary/aromatic N) is 3. The van der Waals surface area contributed by atoms with Crippen molar-refractivity contribution in [2.24, 2.45) is 4.99 Å². The second kappa shape index (κ2) is 9.07. The number of carbonyl (C=O) groups is 1. The molecule has 1 aliphatic rings. The molecule has 0 amide bonds. The van der Waals surface area contributed by atoms with Crippen molar-refractivity contribution < 1.29 is 14.5 Å². The van der Waals surface area contributed by atoms with E-state index in [4.69, 9.17) is 4.74 Å². The van der Waals surface area contributed by atoms with Gasteiger partial charge in [-0.2, -0.15) is 0 Å². The molecule has 2 heterocycles. The van der Waals surface area contributed by atoms with Gasteiger partial charge < -0.3 is 4.74 Å². The van der Waals surface area contributed by atoms with Crippen LogP contribution in [0.2, 0.25) is 0 Å². The average molecular weight is 492 g/mol. The van der Waals surface area contributed by atoms with E-state index in [1.165, 1.54) is 35.1 Å². The van der Waals surface area contributed by atoms with Crippen molar-refractivity contribution in [2.45, 2.75) is 39.2 Å². The number of hydrogen-bond acceptors (Lipinski definition) is 7. The first-order chi connectivity index (χ1) is 16.5. The van der Waals surface area contributed by atoms with Crippen LogP contribution in [0.25, 0.3) is 6.08 Å². The van der Waals surface area contributed by atoms with Gasteiger partial charge in [0.2, 0.25) is 0 Å². The fourth-order valence-corrected chi connectivity index (χ4v) is 5.10. The number of allylic oxidation sites excluding steroid dienone is 1. The van der Waals surface area contributed by atoms with E-state index in [1.54, 1.807) is 25.1 Å². The molecule has 0 saturated heterocycles. The lowest BCUT2D eigenvalue weighted by atomic mass is 9.85. The Bertz CT molecular complexity index is 1540. The van der Waals surface area contributed by atoms with Crippen LogP contribution in [0.1, 0.15) is 50.4 Å². The SMILES string of the molecule is COC(=O)C1=C(C)N=c2s/c(=C\c3cccc([N+](=O)[O-])c3)c(=O)n2C1c1ccc(C(C)(C)C)cc1. The van der Waals surface area contributed by atoms with Crippen LogP contribution in [0, 0.1) is 10.1 Å². The summed E-state index contributed by atoms with van der Waals surface area (Å²) in [6, 6.07) is 13.2. The summed E-state index contributed by atoms with van der Waals surface area (Å²) in [5, 5.41) is 11.1. The molecule has 9 heteroatoms. The number of esters is 1. The number of benzene rings is 2. The van der Waals surface area contributed by atoms with Crippen LogP contribution in [0.4, 0.5) is 5.69 Å². The number of methoxy groups -OCH3 is 1. The molecule has 4 rings (SSSR count). The molecule has 3 aromatic rings. The van der Waals surface area contributed by atoms with Crippen molar-refractivity contribution in [3.8, 4) is 0 Å². The second-order valence-electron chi connectivity index (χ2n) is 9.30. The number of fused-ring (bicyclic) bond motifs is 1. The lowest BCUT2D eigenvalue weighted by Gasteiger charge is -2.25. The Morgan fingerprint density at radius 2 is 1.89 bits per heavy atom. The zero-order chi connectivity index (χ0) is 25.5. The summed E-state index contributed by atoms with van der Waals surface area (Å²) in [6.45, 7) is 8.06. The summed E-state index contributed by atoms with van der Waals surface area (Å²) in [5.74, 6) is -0.552. The molecule has 0 bridgehead atoms. The van der Waals surface area contributed by atoms with Crippen molar-refractivity contribution >= 4 is 29.1 Å². The minimum Gasteiger partial charge on any atom is -0.466 e. The highest BCUT2D eigenvalue weighted by atomic mass is 32.1. The van der Waals surface area contributed by atoms with Crippen molar-refractivity contribution in [3.63, 3.8) is 0 Å². The van der Waals surface area contributed by atoms with E-state index in [0.717, 1.165) is 11.1 Å². The number of nitro benzene ring substituents is 1. The Kier molecular flexibility index (Phi) is 6.29. The summed E-state index contributed by atoms with van der Waals surface area (Å²) in [6.07, 6.45) is 1.60. The summed E-state index contributed by atoms with van der Waals surface area (Å²) in [5.41, 5.74) is 2.73. The van der Waals surface area contributed by atoms with Crippen molar-refractivity contribution in [2.75, 3.05) is 7.11 Å². The van der Waals surface area contributed by atoms with E-state index < -0.39 is 16.9 Å². The van der Waals surface area contributed by atoms with E-state index in [2.05, 4.69) is 25.8 Å². The number of hydrogen-bond donors (Lipinski definition) is 0. The van der Waals surface area contributed by atoms with E-state index >= 15 is 0 Å². The largest absolute Gasteiger partial charge is 0.466 e. The third-order valence-corrected chi connectivity index (χ3v) is 6.88. The first kappa shape index (κ1) is 24.3. The molecule has 0 aliphatic carbocycles. The minimum atomic E-state index is -0.708. The van der Waals surface area contributed by atoms with Gasteiger partial charge in [0.05, 0.1) is 33.9 Å². The Balaban J connectivity index is 1.93. The lowest BCUT2D eigenvalue weighted by Crippen LogP contribution is -2.39. The van der Waals surface area contributed by atoms with Crippen molar-refractivity contribution in [3.05, 3.63) is 106 Å². The first-order valence-corrected chi connectivity index (χ1v) is 11.8. The number of thiazole rings is 1. The topological polar surface area (TPSA) is 104 Å². The third-order valence-electron chi connectivity index (χ3n) is 5.90. The molecular formula is C26H25N3O5S. The van der Waals surface area contributed by atoms with Gasteiger partial charge in [0, 0.05) is 12.1 Å². The highest BCUT2D eigenvalue weighted by molar-refractivity contribution is 7.07. The number of rotatable bonds is 4. The van der Waals surface area contributed by atoms with Gasteiger partial charge in [-0.15, -0.1) is 0 Å². The number of ether oxygens (including phenoxy) is 1. The van der Waals surface area contributed by atoms with Crippen LogP contribution >= 0.6 is 11.3 Å². The summed E-state index contributed by atoms with van der Waals surface area (Å²) in [4.78, 5) is 42.0. The maximum absolute atomic E-state index is 13.6. The molecule has 2 aromatic carbocycles. The normalized spacial score (nSPS) is 16.0. The molecule has 35 heavy (non-hydrogen) atoms. The Morgan fingerprint density at radius 1 is 1.20 bits per heavy atom. The highest BCUT2D eigenvalue weighted by Gasteiger charge is 2.33. The van der Waals surface area contributed by atoms with E-state index in [1.807, 2.05) is 24.3 Å². The average Bonchev–Trinajstić information content (AvgIpc) is 3.11. The van der Waals surface area contributed by atoms with Crippen LogP contribution in [0.3, 0.4) is 0 Å². The predicted octanol–water partition coefficient (Wildman–Crippen LogP) is 3.61. The highest BCUT2D eigenvalue weighted by Crippen LogP contribution is 2.32. The molecule has 1 unspecified atom stereocenters. The summed E-state index contributed by atoms with van der Waals surface area (Å²) in [7, 11) is 1.30. The molecular weight excluding hydrogens is 466 g/mol. The van der Waals surface area contributed by atoms with E-state index in [9.17, 15) is 19.7 Å². The fraction of sp³-hybridized carbons (Fsp3) is 0.269. The third kappa shape index (κ3) is 4.59. The molecule has 1 aliphatic heterocycles. The molecule has 0 N–H and O–H groups in total. The number of aromatic nitrogens is 1. The zero-order valence-corrected chi connectivity index (χ0v) is 20.9. The van der Waals surface area contributed by atoms with Crippen LogP contribution < -0.4 is 14.9 Å². The summed E-state index contributed by atoms with van der Waals surface area (Å²) >= 11 is 1.17. The molecule has 8 nitrogen and oxygen atoms in total. The Hall–Kier alpha value is -3.85. The summed E-state index contributed by atoms with van der Waals surface area (Å²) < 4.78 is 6.90. The molecule has 1 atom stereocenters. The van der Waals surface area contributed by atoms with Crippen LogP contribution in [-0.2, 0) is 14.9 Å². The molecule has 1 aromatic heterocycles. The van der Waals surface area contributed by atoms with Gasteiger partial charge in [-0.25, -0.2) is 9.79 Å². The first-order valence-electron chi connectivity index (χ1n) is 11.0. The van der Waals surface area contributed by atoms with Crippen LogP contribution in [-0.4, -0.2) is 22.6 Å².